The molecule has 2 N–H and O–H groups in total. The van der Waals surface area contributed by atoms with E-state index in [0.717, 1.165) is 31.6 Å². The highest BCUT2D eigenvalue weighted by atomic mass is 127. The molecule has 2 aliphatic carbocycles. The number of rotatable bonds is 4. The molecule has 1 aromatic heterocycles. The maximum Gasteiger partial charge on any atom is 0.191 e. The molecule has 0 spiro atoms. The summed E-state index contributed by atoms with van der Waals surface area (Å²) in [5.74, 6) is 0.887. The Kier molecular flexibility index (Phi) is 6.88. The fourth-order valence-corrected chi connectivity index (χ4v) is 4.15. The van der Waals surface area contributed by atoms with Crippen LogP contribution >= 0.6 is 24.0 Å². The minimum atomic E-state index is -0.0765. The van der Waals surface area contributed by atoms with Crippen molar-refractivity contribution in [2.45, 2.75) is 84.0 Å². The van der Waals surface area contributed by atoms with E-state index in [1.807, 2.05) is 7.05 Å². The van der Waals surface area contributed by atoms with Gasteiger partial charge < -0.3 is 15.4 Å². The van der Waals surface area contributed by atoms with Gasteiger partial charge in [-0.15, -0.1) is 24.0 Å². The zero-order valence-electron chi connectivity index (χ0n) is 17.8. The minimum Gasteiger partial charge on any atom is -0.378 e. The van der Waals surface area contributed by atoms with Crippen LogP contribution in [0.3, 0.4) is 0 Å². The second kappa shape index (κ2) is 8.27. The number of hydrogen-bond acceptors (Lipinski definition) is 3. The normalized spacial score (nSPS) is 29.6. The van der Waals surface area contributed by atoms with Gasteiger partial charge in [0.05, 0.1) is 11.3 Å². The van der Waals surface area contributed by atoms with Gasteiger partial charge in [-0.1, -0.05) is 13.8 Å². The Morgan fingerprint density at radius 2 is 2.04 bits per heavy atom. The first-order valence-electron chi connectivity index (χ1n) is 9.82. The molecule has 0 bridgehead atoms. The van der Waals surface area contributed by atoms with Crippen molar-refractivity contribution in [1.29, 1.82) is 0 Å². The Hall–Kier alpha value is -0.830. The predicted molar refractivity (Wildman–Crippen MR) is 121 cm³/mol. The molecular weight excluding hydrogens is 453 g/mol. The summed E-state index contributed by atoms with van der Waals surface area (Å²) in [5, 5.41) is 12.0. The van der Waals surface area contributed by atoms with Gasteiger partial charge in [-0.25, -0.2) is 0 Å². The highest BCUT2D eigenvalue weighted by molar-refractivity contribution is 14.0. The van der Waals surface area contributed by atoms with Crippen molar-refractivity contribution in [2.24, 2.45) is 10.4 Å². The average Bonchev–Trinajstić information content (AvgIpc) is 3.03. The highest BCUT2D eigenvalue weighted by Gasteiger charge is 2.58. The largest absolute Gasteiger partial charge is 0.378 e. The monoisotopic (exact) mass is 489 g/mol. The van der Waals surface area contributed by atoms with E-state index in [1.54, 1.807) is 7.11 Å². The van der Waals surface area contributed by atoms with E-state index < -0.39 is 0 Å². The first-order chi connectivity index (χ1) is 12.2. The molecule has 0 amide bonds. The Balaban J connectivity index is 0.00000261. The lowest BCUT2D eigenvalue weighted by Gasteiger charge is -2.59. The second-order valence-electron chi connectivity index (χ2n) is 8.89. The van der Waals surface area contributed by atoms with E-state index in [9.17, 15) is 0 Å². The number of aromatic nitrogens is 2. The molecule has 154 valence electrons. The van der Waals surface area contributed by atoms with Crippen LogP contribution in [0.25, 0.3) is 0 Å². The summed E-state index contributed by atoms with van der Waals surface area (Å²) in [6, 6.07) is 1.15. The molecular formula is C20H36IN5O. The summed E-state index contributed by atoms with van der Waals surface area (Å²) < 4.78 is 7.82. The maximum atomic E-state index is 5.73. The third-order valence-corrected chi connectivity index (χ3v) is 6.78. The van der Waals surface area contributed by atoms with Crippen LogP contribution in [0.2, 0.25) is 0 Å². The van der Waals surface area contributed by atoms with Crippen molar-refractivity contribution in [3.8, 4) is 0 Å². The van der Waals surface area contributed by atoms with Gasteiger partial charge in [0.25, 0.3) is 0 Å². The van der Waals surface area contributed by atoms with Gasteiger partial charge in [-0.3, -0.25) is 9.67 Å². The summed E-state index contributed by atoms with van der Waals surface area (Å²) in [5.41, 5.74) is 2.62. The van der Waals surface area contributed by atoms with E-state index in [1.165, 1.54) is 11.3 Å². The first kappa shape index (κ1) is 22.5. The van der Waals surface area contributed by atoms with E-state index >= 15 is 0 Å². The number of hydrogen-bond donors (Lipinski definition) is 2. The van der Waals surface area contributed by atoms with Gasteiger partial charge in [0.2, 0.25) is 0 Å². The quantitative estimate of drug-likeness (QED) is 0.387. The van der Waals surface area contributed by atoms with Crippen molar-refractivity contribution < 1.29 is 4.74 Å². The Labute approximate surface area is 180 Å². The molecule has 27 heavy (non-hydrogen) atoms. The van der Waals surface area contributed by atoms with Gasteiger partial charge in [0, 0.05) is 50.3 Å². The van der Waals surface area contributed by atoms with Crippen LogP contribution in [0.1, 0.15) is 64.8 Å². The molecule has 1 heterocycles. The van der Waals surface area contributed by atoms with E-state index in [-0.39, 0.29) is 35.0 Å². The van der Waals surface area contributed by atoms with Crippen molar-refractivity contribution in [2.75, 3.05) is 14.2 Å². The minimum absolute atomic E-state index is 0. The van der Waals surface area contributed by atoms with Crippen LogP contribution in [0.4, 0.5) is 0 Å². The molecule has 0 aromatic carbocycles. The number of halogens is 1. The third kappa shape index (κ3) is 4.13. The van der Waals surface area contributed by atoms with Crippen molar-refractivity contribution >= 4 is 29.9 Å². The van der Waals surface area contributed by atoms with Gasteiger partial charge in [-0.05, 0) is 45.6 Å². The zero-order chi connectivity index (χ0) is 19.1. The van der Waals surface area contributed by atoms with Crippen LogP contribution in [0, 0.1) is 5.41 Å². The lowest BCUT2D eigenvalue weighted by molar-refractivity contribution is -0.176. The molecule has 3 rings (SSSR count). The van der Waals surface area contributed by atoms with Crippen LogP contribution < -0.4 is 10.6 Å². The number of nitrogens with zero attached hydrogens (tertiary/aromatic N) is 3. The lowest BCUT2D eigenvalue weighted by Crippen LogP contribution is -2.69. The van der Waals surface area contributed by atoms with Gasteiger partial charge in [0.1, 0.15) is 0 Å². The molecule has 1 aromatic rings. The van der Waals surface area contributed by atoms with Gasteiger partial charge >= 0.3 is 0 Å². The lowest BCUT2D eigenvalue weighted by atomic mass is 9.56. The van der Waals surface area contributed by atoms with Crippen molar-refractivity contribution in [1.82, 2.24) is 20.4 Å². The molecule has 2 aliphatic rings. The standard InChI is InChI=1S/C20H35N5O.HI/c1-13(2)25-12-14-8-9-15(10-16(14)24-25)22-18(21-6)23-17-11-20(5,26-7)19(17,3)4;/h12-13,15,17H,8-11H2,1-7H3,(H2,21,22,23);1H. The smallest absolute Gasteiger partial charge is 0.191 e. The first-order valence-corrected chi connectivity index (χ1v) is 9.82. The summed E-state index contributed by atoms with van der Waals surface area (Å²) in [6.45, 7) is 11.1. The highest BCUT2D eigenvalue weighted by Crippen LogP contribution is 2.51. The van der Waals surface area contributed by atoms with E-state index in [0.29, 0.717) is 18.1 Å². The van der Waals surface area contributed by atoms with Crippen LogP contribution in [0.5, 0.6) is 0 Å². The van der Waals surface area contributed by atoms with Crippen LogP contribution in [-0.2, 0) is 17.6 Å². The van der Waals surface area contributed by atoms with Crippen LogP contribution in [0.15, 0.2) is 11.2 Å². The molecule has 0 aliphatic heterocycles. The number of methoxy groups -OCH3 is 1. The van der Waals surface area contributed by atoms with Gasteiger partial charge in [0.15, 0.2) is 5.96 Å². The topological polar surface area (TPSA) is 63.5 Å². The summed E-state index contributed by atoms with van der Waals surface area (Å²) in [7, 11) is 3.65. The molecule has 0 radical (unpaired) electrons. The number of nitrogens with one attached hydrogen (secondary N) is 2. The molecule has 1 saturated carbocycles. The third-order valence-electron chi connectivity index (χ3n) is 6.78. The maximum absolute atomic E-state index is 5.73. The number of aliphatic imine (C=N–C) groups is 1. The molecule has 0 saturated heterocycles. The predicted octanol–water partition coefficient (Wildman–Crippen LogP) is 3.31. The molecule has 3 atom stereocenters. The molecule has 1 fully saturated rings. The number of aryl methyl sites for hydroxylation is 1. The summed E-state index contributed by atoms with van der Waals surface area (Å²) in [4.78, 5) is 4.46. The SMILES string of the molecule is CN=C(NC1CCc2cn(C(C)C)nc2C1)NC1CC(C)(OC)C1(C)C.I. The van der Waals surface area contributed by atoms with E-state index in [4.69, 9.17) is 9.84 Å². The fraction of sp³-hybridized carbons (Fsp3) is 0.800. The van der Waals surface area contributed by atoms with Crippen molar-refractivity contribution in [3.05, 3.63) is 17.5 Å². The fourth-order valence-electron chi connectivity index (χ4n) is 4.15. The van der Waals surface area contributed by atoms with Crippen LogP contribution in [-0.4, -0.2) is 47.6 Å². The molecule has 7 heteroatoms. The summed E-state index contributed by atoms with van der Waals surface area (Å²) >= 11 is 0. The number of fused-ring (bicyclic) bond motifs is 1. The number of guanidine groups is 1. The Morgan fingerprint density at radius 3 is 2.59 bits per heavy atom. The zero-order valence-corrected chi connectivity index (χ0v) is 20.1. The Bertz CT molecular complexity index is 684. The van der Waals surface area contributed by atoms with E-state index in [2.05, 4.69) is 61.1 Å². The number of ether oxygens (including phenoxy) is 1. The van der Waals surface area contributed by atoms with Gasteiger partial charge in [-0.2, -0.15) is 5.10 Å². The summed E-state index contributed by atoms with van der Waals surface area (Å²) in [6.07, 6.45) is 6.35. The average molecular weight is 489 g/mol. The molecule has 6 nitrogen and oxygen atoms in total. The second-order valence-corrected chi connectivity index (χ2v) is 8.89. The molecule has 3 unspecified atom stereocenters. The van der Waals surface area contributed by atoms with Crippen molar-refractivity contribution in [3.63, 3.8) is 0 Å². The Morgan fingerprint density at radius 1 is 1.33 bits per heavy atom.